The van der Waals surface area contributed by atoms with Crippen molar-refractivity contribution < 1.29 is 9.13 Å². The third kappa shape index (κ3) is 3.01. The minimum Gasteiger partial charge on any atom is -0.356 e. The molecule has 1 aromatic heterocycles. The van der Waals surface area contributed by atoms with Crippen molar-refractivity contribution >= 4 is 10.9 Å². The first kappa shape index (κ1) is 15.4. The van der Waals surface area contributed by atoms with E-state index in [1.807, 2.05) is 6.07 Å². The van der Waals surface area contributed by atoms with Crippen molar-refractivity contribution in [2.75, 3.05) is 26.7 Å². The molecule has 0 radical (unpaired) electrons. The SMILES string of the molecule is CCN(C)CCc1nn(C2CCCCO2)c2c(F)cccc12. The molecule has 1 aromatic carbocycles. The summed E-state index contributed by atoms with van der Waals surface area (Å²) in [5.74, 6) is -0.214. The summed E-state index contributed by atoms with van der Waals surface area (Å²) in [7, 11) is 2.09. The van der Waals surface area contributed by atoms with Gasteiger partial charge in [0.25, 0.3) is 0 Å². The second kappa shape index (κ2) is 6.75. The van der Waals surface area contributed by atoms with E-state index in [-0.39, 0.29) is 12.0 Å². The van der Waals surface area contributed by atoms with Crippen molar-refractivity contribution in [3.63, 3.8) is 0 Å². The van der Waals surface area contributed by atoms with Crippen LogP contribution < -0.4 is 0 Å². The summed E-state index contributed by atoms with van der Waals surface area (Å²) in [4.78, 5) is 2.24. The number of likely N-dealkylation sites (N-methyl/N-ethyl adjacent to an activating group) is 1. The lowest BCUT2D eigenvalue weighted by molar-refractivity contribution is -0.0371. The predicted octanol–water partition coefficient (Wildman–Crippen LogP) is 3.37. The van der Waals surface area contributed by atoms with Crippen molar-refractivity contribution in [2.45, 2.75) is 38.8 Å². The van der Waals surface area contributed by atoms with E-state index in [1.165, 1.54) is 6.07 Å². The van der Waals surface area contributed by atoms with Gasteiger partial charge in [-0.05, 0) is 38.9 Å². The highest BCUT2D eigenvalue weighted by Crippen LogP contribution is 2.29. The first-order valence-electron chi connectivity index (χ1n) is 8.16. The van der Waals surface area contributed by atoms with E-state index in [0.29, 0.717) is 5.52 Å². The summed E-state index contributed by atoms with van der Waals surface area (Å²) in [6, 6.07) is 5.23. The molecule has 0 amide bonds. The Kier molecular flexibility index (Phi) is 4.74. The van der Waals surface area contributed by atoms with Gasteiger partial charge in [-0.25, -0.2) is 9.07 Å². The molecule has 2 aromatic rings. The van der Waals surface area contributed by atoms with Crippen LogP contribution in [0.25, 0.3) is 10.9 Å². The largest absolute Gasteiger partial charge is 0.356 e. The molecule has 0 saturated carbocycles. The smallest absolute Gasteiger partial charge is 0.150 e. The average molecular weight is 305 g/mol. The van der Waals surface area contributed by atoms with Gasteiger partial charge in [-0.1, -0.05) is 19.1 Å². The zero-order valence-corrected chi connectivity index (χ0v) is 13.4. The van der Waals surface area contributed by atoms with Gasteiger partial charge in [-0.3, -0.25) is 0 Å². The Morgan fingerprint density at radius 2 is 2.27 bits per heavy atom. The topological polar surface area (TPSA) is 30.3 Å². The summed E-state index contributed by atoms with van der Waals surface area (Å²) in [6.45, 7) is 4.78. The van der Waals surface area contributed by atoms with Crippen molar-refractivity contribution in [2.24, 2.45) is 0 Å². The van der Waals surface area contributed by atoms with Crippen LogP contribution in [-0.2, 0) is 11.2 Å². The Bertz CT molecular complexity index is 634. The Morgan fingerprint density at radius 1 is 1.41 bits per heavy atom. The van der Waals surface area contributed by atoms with Crippen LogP contribution in [0.3, 0.4) is 0 Å². The van der Waals surface area contributed by atoms with E-state index >= 15 is 0 Å². The van der Waals surface area contributed by atoms with Crippen molar-refractivity contribution in [1.82, 2.24) is 14.7 Å². The fraction of sp³-hybridized carbons (Fsp3) is 0.588. The molecule has 1 aliphatic rings. The zero-order valence-electron chi connectivity index (χ0n) is 13.4. The van der Waals surface area contributed by atoms with E-state index in [2.05, 4.69) is 18.9 Å². The molecule has 1 unspecified atom stereocenters. The Balaban J connectivity index is 1.96. The molecule has 5 heteroatoms. The van der Waals surface area contributed by atoms with E-state index < -0.39 is 0 Å². The molecule has 1 saturated heterocycles. The van der Waals surface area contributed by atoms with E-state index in [9.17, 15) is 4.39 Å². The Morgan fingerprint density at radius 3 is 3.00 bits per heavy atom. The minimum absolute atomic E-state index is 0.134. The maximum Gasteiger partial charge on any atom is 0.150 e. The third-order valence-corrected chi connectivity index (χ3v) is 4.45. The average Bonchev–Trinajstić information content (AvgIpc) is 2.93. The molecule has 0 spiro atoms. The number of nitrogens with zero attached hydrogens (tertiary/aromatic N) is 3. The van der Waals surface area contributed by atoms with E-state index in [0.717, 1.165) is 56.5 Å². The molecule has 0 aliphatic carbocycles. The molecule has 2 heterocycles. The van der Waals surface area contributed by atoms with Crippen LogP contribution >= 0.6 is 0 Å². The van der Waals surface area contributed by atoms with Gasteiger partial charge in [-0.2, -0.15) is 5.10 Å². The second-order valence-electron chi connectivity index (χ2n) is 5.99. The maximum atomic E-state index is 14.4. The normalized spacial score (nSPS) is 19.2. The zero-order chi connectivity index (χ0) is 15.5. The van der Waals surface area contributed by atoms with Crippen LogP contribution in [0, 0.1) is 5.82 Å². The fourth-order valence-electron chi connectivity index (χ4n) is 2.98. The first-order valence-corrected chi connectivity index (χ1v) is 8.16. The number of para-hydroxylation sites is 1. The molecular formula is C17H24FN3O. The molecule has 1 atom stereocenters. The van der Waals surface area contributed by atoms with Crippen LogP contribution in [0.5, 0.6) is 0 Å². The molecule has 0 bridgehead atoms. The summed E-state index contributed by atoms with van der Waals surface area (Å²) in [5.41, 5.74) is 1.55. The van der Waals surface area contributed by atoms with Crippen LogP contribution in [0.4, 0.5) is 4.39 Å². The number of hydrogen-bond donors (Lipinski definition) is 0. The second-order valence-corrected chi connectivity index (χ2v) is 5.99. The number of fused-ring (bicyclic) bond motifs is 1. The molecule has 0 N–H and O–H groups in total. The number of hydrogen-bond acceptors (Lipinski definition) is 3. The highest BCUT2D eigenvalue weighted by atomic mass is 19.1. The predicted molar refractivity (Wildman–Crippen MR) is 85.4 cm³/mol. The molecule has 1 aliphatic heterocycles. The highest BCUT2D eigenvalue weighted by molar-refractivity contribution is 5.82. The summed E-state index contributed by atoms with van der Waals surface area (Å²) >= 11 is 0. The van der Waals surface area contributed by atoms with Crippen molar-refractivity contribution in [3.05, 3.63) is 29.7 Å². The van der Waals surface area contributed by atoms with Gasteiger partial charge >= 0.3 is 0 Å². The van der Waals surface area contributed by atoms with Crippen molar-refractivity contribution in [3.8, 4) is 0 Å². The van der Waals surface area contributed by atoms with Gasteiger partial charge in [0.1, 0.15) is 11.3 Å². The molecule has 3 rings (SSSR count). The van der Waals surface area contributed by atoms with Crippen molar-refractivity contribution in [1.29, 1.82) is 0 Å². The van der Waals surface area contributed by atoms with Gasteiger partial charge in [-0.15, -0.1) is 0 Å². The first-order chi connectivity index (χ1) is 10.7. The molecule has 120 valence electrons. The number of ether oxygens (including phenoxy) is 1. The van der Waals surface area contributed by atoms with Crippen LogP contribution in [0.1, 0.15) is 38.1 Å². The van der Waals surface area contributed by atoms with Gasteiger partial charge in [0, 0.05) is 25.0 Å². The molecule has 1 fully saturated rings. The fourth-order valence-corrected chi connectivity index (χ4v) is 2.98. The summed E-state index contributed by atoms with van der Waals surface area (Å²) in [5, 5.41) is 5.62. The summed E-state index contributed by atoms with van der Waals surface area (Å²) in [6.07, 6.45) is 3.77. The number of halogens is 1. The summed E-state index contributed by atoms with van der Waals surface area (Å²) < 4.78 is 21.9. The Labute approximate surface area is 130 Å². The van der Waals surface area contributed by atoms with Gasteiger partial charge < -0.3 is 9.64 Å². The monoisotopic (exact) mass is 305 g/mol. The van der Waals surface area contributed by atoms with E-state index in [1.54, 1.807) is 10.7 Å². The molecule has 4 nitrogen and oxygen atoms in total. The van der Waals surface area contributed by atoms with Gasteiger partial charge in [0.05, 0.1) is 5.69 Å². The Hall–Kier alpha value is -1.46. The standard InChI is InChI=1S/C17H24FN3O/c1-3-20(2)11-10-15-13-7-6-8-14(18)17(13)21(19-15)16-9-4-5-12-22-16/h6-8,16H,3-5,9-12H2,1-2H3. The van der Waals surface area contributed by atoms with Crippen LogP contribution in [-0.4, -0.2) is 41.4 Å². The molecular weight excluding hydrogens is 281 g/mol. The van der Waals surface area contributed by atoms with E-state index in [4.69, 9.17) is 9.84 Å². The maximum absolute atomic E-state index is 14.4. The van der Waals surface area contributed by atoms with Gasteiger partial charge in [0.15, 0.2) is 6.23 Å². The minimum atomic E-state index is -0.214. The number of rotatable bonds is 5. The highest BCUT2D eigenvalue weighted by Gasteiger charge is 2.22. The number of benzene rings is 1. The quantitative estimate of drug-likeness (QED) is 0.848. The lowest BCUT2D eigenvalue weighted by Gasteiger charge is -2.23. The number of aromatic nitrogens is 2. The lowest BCUT2D eigenvalue weighted by atomic mass is 10.1. The van der Waals surface area contributed by atoms with Gasteiger partial charge in [0.2, 0.25) is 0 Å². The third-order valence-electron chi connectivity index (χ3n) is 4.45. The lowest BCUT2D eigenvalue weighted by Crippen LogP contribution is -2.21. The molecule has 22 heavy (non-hydrogen) atoms. The van der Waals surface area contributed by atoms with Crippen LogP contribution in [0.15, 0.2) is 18.2 Å². The van der Waals surface area contributed by atoms with Crippen LogP contribution in [0.2, 0.25) is 0 Å².